The van der Waals surface area contributed by atoms with E-state index in [1.165, 1.54) is 18.4 Å². The maximum absolute atomic E-state index is 5.93. The summed E-state index contributed by atoms with van der Waals surface area (Å²) in [6, 6.07) is 2.38. The molecule has 0 saturated carbocycles. The zero-order chi connectivity index (χ0) is 8.10. The largest absolute Gasteiger partial charge is 0.324 e. The molecule has 0 bridgehead atoms. The van der Waals surface area contributed by atoms with Crippen LogP contribution in [-0.2, 0) is 0 Å². The highest BCUT2D eigenvalue weighted by atomic mass is 32.1. The van der Waals surface area contributed by atoms with E-state index < -0.39 is 0 Å². The minimum Gasteiger partial charge on any atom is -0.324 e. The maximum Gasteiger partial charge on any atom is 0.0303 e. The molecule has 1 aromatic heterocycles. The third kappa shape index (κ3) is 2.64. The molecule has 0 amide bonds. The van der Waals surface area contributed by atoms with Crippen LogP contribution in [-0.4, -0.2) is 0 Å². The zero-order valence-electron chi connectivity index (χ0n) is 6.92. The molecule has 1 nitrogen and oxygen atoms in total. The molecule has 11 heavy (non-hydrogen) atoms. The maximum atomic E-state index is 5.93. The Morgan fingerprint density at radius 3 is 3.00 bits per heavy atom. The van der Waals surface area contributed by atoms with Gasteiger partial charge in [-0.05, 0) is 28.8 Å². The van der Waals surface area contributed by atoms with Crippen molar-refractivity contribution in [1.82, 2.24) is 0 Å². The summed E-state index contributed by atoms with van der Waals surface area (Å²) >= 11 is 1.72. The first-order valence-corrected chi connectivity index (χ1v) is 5.06. The third-order valence-electron chi connectivity index (χ3n) is 1.84. The van der Waals surface area contributed by atoms with Crippen molar-refractivity contribution in [3.05, 3.63) is 22.4 Å². The molecule has 2 N–H and O–H groups in total. The van der Waals surface area contributed by atoms with Gasteiger partial charge < -0.3 is 5.73 Å². The molecule has 1 rings (SSSR count). The first-order valence-electron chi connectivity index (χ1n) is 4.12. The molecule has 0 aliphatic heterocycles. The molecule has 0 fully saturated rings. The second kappa shape index (κ2) is 4.52. The Hall–Kier alpha value is -0.340. The van der Waals surface area contributed by atoms with Crippen molar-refractivity contribution in [2.45, 2.75) is 32.2 Å². The predicted octanol–water partition coefficient (Wildman–Crippen LogP) is 2.94. The zero-order valence-corrected chi connectivity index (χ0v) is 7.73. The lowest BCUT2D eigenvalue weighted by Crippen LogP contribution is -2.08. The molecule has 0 unspecified atom stereocenters. The third-order valence-corrected chi connectivity index (χ3v) is 2.54. The molecular formula is C9H15NS. The van der Waals surface area contributed by atoms with E-state index in [1.54, 1.807) is 11.3 Å². The normalized spacial score (nSPS) is 13.3. The summed E-state index contributed by atoms with van der Waals surface area (Å²) in [7, 11) is 0. The number of hydrogen-bond donors (Lipinski definition) is 1. The SMILES string of the molecule is CCCC[C@H](N)c1ccsc1. The van der Waals surface area contributed by atoms with Crippen molar-refractivity contribution in [2.75, 3.05) is 0 Å². The number of thiophene rings is 1. The first-order chi connectivity index (χ1) is 5.34. The van der Waals surface area contributed by atoms with Gasteiger partial charge >= 0.3 is 0 Å². The van der Waals surface area contributed by atoms with Gasteiger partial charge in [0.05, 0.1) is 0 Å². The summed E-state index contributed by atoms with van der Waals surface area (Å²) < 4.78 is 0. The van der Waals surface area contributed by atoms with Crippen LogP contribution < -0.4 is 5.73 Å². The molecule has 0 radical (unpaired) electrons. The highest BCUT2D eigenvalue weighted by Crippen LogP contribution is 2.18. The van der Waals surface area contributed by atoms with Crippen molar-refractivity contribution in [3.63, 3.8) is 0 Å². The highest BCUT2D eigenvalue weighted by Gasteiger charge is 2.03. The van der Waals surface area contributed by atoms with E-state index in [2.05, 4.69) is 23.8 Å². The summed E-state index contributed by atoms with van der Waals surface area (Å²) in [4.78, 5) is 0. The van der Waals surface area contributed by atoms with Gasteiger partial charge in [0.15, 0.2) is 0 Å². The van der Waals surface area contributed by atoms with Crippen molar-refractivity contribution in [3.8, 4) is 0 Å². The van der Waals surface area contributed by atoms with Crippen molar-refractivity contribution in [2.24, 2.45) is 5.73 Å². The van der Waals surface area contributed by atoms with E-state index in [1.807, 2.05) is 0 Å². The first kappa shape index (κ1) is 8.75. The molecule has 0 saturated heterocycles. The average Bonchev–Trinajstić information content (AvgIpc) is 2.52. The molecule has 0 spiro atoms. The van der Waals surface area contributed by atoms with Gasteiger partial charge in [0.1, 0.15) is 0 Å². The minimum absolute atomic E-state index is 0.265. The Bertz CT molecular complexity index is 181. The summed E-state index contributed by atoms with van der Waals surface area (Å²) in [5, 5.41) is 4.22. The Morgan fingerprint density at radius 1 is 1.64 bits per heavy atom. The summed E-state index contributed by atoms with van der Waals surface area (Å²) in [5.74, 6) is 0. The Kier molecular flexibility index (Phi) is 3.60. The minimum atomic E-state index is 0.265. The van der Waals surface area contributed by atoms with E-state index in [9.17, 15) is 0 Å². The molecule has 0 aromatic carbocycles. The predicted molar refractivity (Wildman–Crippen MR) is 50.8 cm³/mol. The molecular weight excluding hydrogens is 154 g/mol. The molecule has 0 aliphatic rings. The average molecular weight is 169 g/mol. The number of rotatable bonds is 4. The van der Waals surface area contributed by atoms with Gasteiger partial charge in [-0.2, -0.15) is 11.3 Å². The van der Waals surface area contributed by atoms with Crippen LogP contribution in [0.25, 0.3) is 0 Å². The molecule has 1 atom stereocenters. The van der Waals surface area contributed by atoms with Gasteiger partial charge in [-0.25, -0.2) is 0 Å². The molecule has 2 heteroatoms. The standard InChI is InChI=1S/C9H15NS/c1-2-3-4-9(10)8-5-6-11-7-8/h5-7,9H,2-4,10H2,1H3/t9-/m0/s1. The lowest BCUT2D eigenvalue weighted by atomic mass is 10.1. The van der Waals surface area contributed by atoms with Crippen LogP contribution in [0.1, 0.15) is 37.8 Å². The number of nitrogens with two attached hydrogens (primary N) is 1. The van der Waals surface area contributed by atoms with Crippen LogP contribution in [0.5, 0.6) is 0 Å². The summed E-state index contributed by atoms with van der Waals surface area (Å²) in [5.41, 5.74) is 7.23. The van der Waals surface area contributed by atoms with Gasteiger partial charge in [0.2, 0.25) is 0 Å². The molecule has 0 aliphatic carbocycles. The van der Waals surface area contributed by atoms with Crippen molar-refractivity contribution < 1.29 is 0 Å². The van der Waals surface area contributed by atoms with E-state index in [-0.39, 0.29) is 6.04 Å². The van der Waals surface area contributed by atoms with Gasteiger partial charge in [-0.15, -0.1) is 0 Å². The van der Waals surface area contributed by atoms with Crippen LogP contribution in [0.15, 0.2) is 16.8 Å². The molecule has 62 valence electrons. The van der Waals surface area contributed by atoms with Crippen LogP contribution in [0.3, 0.4) is 0 Å². The fourth-order valence-electron chi connectivity index (χ4n) is 1.08. The quantitative estimate of drug-likeness (QED) is 0.736. The van der Waals surface area contributed by atoms with Gasteiger partial charge in [0, 0.05) is 6.04 Å². The summed E-state index contributed by atoms with van der Waals surface area (Å²) in [6.07, 6.45) is 3.59. The van der Waals surface area contributed by atoms with E-state index in [0.717, 1.165) is 6.42 Å². The number of unbranched alkanes of at least 4 members (excludes halogenated alkanes) is 1. The lowest BCUT2D eigenvalue weighted by molar-refractivity contribution is 0.605. The summed E-state index contributed by atoms with van der Waals surface area (Å²) in [6.45, 7) is 2.19. The molecule has 1 aromatic rings. The Balaban J connectivity index is 2.36. The van der Waals surface area contributed by atoms with Gasteiger partial charge in [0.25, 0.3) is 0 Å². The van der Waals surface area contributed by atoms with Crippen LogP contribution in [0, 0.1) is 0 Å². The highest BCUT2D eigenvalue weighted by molar-refractivity contribution is 7.07. The lowest BCUT2D eigenvalue weighted by Gasteiger charge is -2.07. The smallest absolute Gasteiger partial charge is 0.0303 e. The monoisotopic (exact) mass is 169 g/mol. The second-order valence-electron chi connectivity index (χ2n) is 2.81. The van der Waals surface area contributed by atoms with Crippen molar-refractivity contribution in [1.29, 1.82) is 0 Å². The fourth-order valence-corrected chi connectivity index (χ4v) is 1.80. The van der Waals surface area contributed by atoms with Crippen LogP contribution in [0.2, 0.25) is 0 Å². The van der Waals surface area contributed by atoms with E-state index >= 15 is 0 Å². The van der Waals surface area contributed by atoms with Crippen LogP contribution in [0.4, 0.5) is 0 Å². The topological polar surface area (TPSA) is 26.0 Å². The Morgan fingerprint density at radius 2 is 2.45 bits per heavy atom. The van der Waals surface area contributed by atoms with Gasteiger partial charge in [-0.3, -0.25) is 0 Å². The van der Waals surface area contributed by atoms with E-state index in [0.29, 0.717) is 0 Å². The molecule has 1 heterocycles. The fraction of sp³-hybridized carbons (Fsp3) is 0.556. The van der Waals surface area contributed by atoms with Crippen LogP contribution >= 0.6 is 11.3 Å². The second-order valence-corrected chi connectivity index (χ2v) is 3.59. The van der Waals surface area contributed by atoms with Gasteiger partial charge in [-0.1, -0.05) is 19.8 Å². The van der Waals surface area contributed by atoms with E-state index in [4.69, 9.17) is 5.73 Å². The number of hydrogen-bond acceptors (Lipinski definition) is 2. The van der Waals surface area contributed by atoms with Crippen molar-refractivity contribution >= 4 is 11.3 Å². The Labute approximate surface area is 72.2 Å².